The lowest BCUT2D eigenvalue weighted by Gasteiger charge is -2.30. The first-order valence-electron chi connectivity index (χ1n) is 31.9. The summed E-state index contributed by atoms with van der Waals surface area (Å²) in [6.45, 7) is 6.77. The maximum atomic E-state index is 13.5. The molecule has 0 aromatic rings. The number of nitrogens with one attached hydrogen (secondary N) is 1. The van der Waals surface area contributed by atoms with E-state index in [2.05, 4.69) is 99.0 Å². The lowest BCUT2D eigenvalue weighted by atomic mass is 10.0. The van der Waals surface area contributed by atoms with Gasteiger partial charge in [0.25, 0.3) is 7.82 Å². The third-order valence-electron chi connectivity index (χ3n) is 13.8. The molecule has 0 rings (SSSR count). The molecular weight excluding hydrogens is 976 g/mol. The van der Waals surface area contributed by atoms with Gasteiger partial charge in [-0.25, -0.2) is 0 Å². The Morgan fingerprint density at radius 3 is 1.22 bits per heavy atom. The number of quaternary nitrogens is 1. The van der Waals surface area contributed by atoms with Crippen LogP contribution in [0.3, 0.4) is 0 Å². The van der Waals surface area contributed by atoms with Crippen LogP contribution in [-0.4, -0.2) is 69.4 Å². The second-order valence-corrected chi connectivity index (χ2v) is 24.0. The van der Waals surface area contributed by atoms with E-state index in [1.165, 1.54) is 148 Å². The number of phosphoric ester groups is 1. The fourth-order valence-electron chi connectivity index (χ4n) is 8.83. The van der Waals surface area contributed by atoms with Crippen molar-refractivity contribution in [3.63, 3.8) is 0 Å². The van der Waals surface area contributed by atoms with Gasteiger partial charge in [0.05, 0.1) is 33.8 Å². The monoisotopic (exact) mass is 1100 g/mol. The highest BCUT2D eigenvalue weighted by molar-refractivity contribution is 7.45. The minimum Gasteiger partial charge on any atom is -0.756 e. The van der Waals surface area contributed by atoms with Crippen LogP contribution in [-0.2, 0) is 27.9 Å². The van der Waals surface area contributed by atoms with Crippen molar-refractivity contribution in [3.05, 3.63) is 85.1 Å². The van der Waals surface area contributed by atoms with Crippen LogP contribution in [0.4, 0.5) is 0 Å². The van der Waals surface area contributed by atoms with Gasteiger partial charge in [0.1, 0.15) is 19.3 Å². The van der Waals surface area contributed by atoms with Crippen molar-refractivity contribution in [2.45, 2.75) is 290 Å². The molecule has 446 valence electrons. The highest BCUT2D eigenvalue weighted by Gasteiger charge is 2.27. The minimum absolute atomic E-state index is 0.0310. The second-order valence-electron chi connectivity index (χ2n) is 22.6. The SMILES string of the molecule is CCCCC/C=C\C/C=C\C/C=C\C/C=C\CCCCCC(=O)OC(/C=C/CCCCCCCCCCC)C(COP(=O)([O-])OCC[N+](C)(C)C)NC(=O)CCCCCCCCCCCCC/C=C\C/C=C\CCCCC. The maximum absolute atomic E-state index is 13.5. The summed E-state index contributed by atoms with van der Waals surface area (Å²) >= 11 is 0. The topological polar surface area (TPSA) is 114 Å². The van der Waals surface area contributed by atoms with Crippen LogP contribution < -0.4 is 10.2 Å². The van der Waals surface area contributed by atoms with E-state index >= 15 is 0 Å². The molecule has 3 unspecified atom stereocenters. The van der Waals surface area contributed by atoms with Gasteiger partial charge in [-0.15, -0.1) is 0 Å². The van der Waals surface area contributed by atoms with Crippen LogP contribution in [0.15, 0.2) is 85.1 Å². The zero-order chi connectivity index (χ0) is 56.4. The van der Waals surface area contributed by atoms with Crippen molar-refractivity contribution in [2.24, 2.45) is 0 Å². The predicted octanol–water partition coefficient (Wildman–Crippen LogP) is 19.1. The van der Waals surface area contributed by atoms with Gasteiger partial charge >= 0.3 is 5.97 Å². The Kier molecular flexibility index (Phi) is 54.4. The normalized spacial score (nSPS) is 14.2. The van der Waals surface area contributed by atoms with Gasteiger partial charge in [-0.1, -0.05) is 241 Å². The molecule has 0 aromatic carbocycles. The molecule has 0 spiro atoms. The van der Waals surface area contributed by atoms with Crippen molar-refractivity contribution in [3.8, 4) is 0 Å². The van der Waals surface area contributed by atoms with E-state index in [9.17, 15) is 19.0 Å². The van der Waals surface area contributed by atoms with Crippen LogP contribution in [0, 0.1) is 0 Å². The summed E-state index contributed by atoms with van der Waals surface area (Å²) in [4.78, 5) is 40.0. The van der Waals surface area contributed by atoms with Crippen LogP contribution in [0.25, 0.3) is 0 Å². The van der Waals surface area contributed by atoms with Crippen molar-refractivity contribution in [1.82, 2.24) is 5.32 Å². The Bertz CT molecular complexity index is 1590. The largest absolute Gasteiger partial charge is 0.756 e. The Hall–Kier alpha value is -2.81. The lowest BCUT2D eigenvalue weighted by Crippen LogP contribution is -2.47. The van der Waals surface area contributed by atoms with Crippen LogP contribution in [0.5, 0.6) is 0 Å². The first kappa shape index (κ1) is 74.2. The Balaban J connectivity index is 5.24. The zero-order valence-electron chi connectivity index (χ0n) is 50.9. The molecule has 0 saturated heterocycles. The van der Waals surface area contributed by atoms with Gasteiger partial charge < -0.3 is 28.5 Å². The molecule has 0 aliphatic carbocycles. The van der Waals surface area contributed by atoms with E-state index in [1.807, 2.05) is 33.3 Å². The smallest absolute Gasteiger partial charge is 0.306 e. The Morgan fingerprint density at radius 1 is 0.455 bits per heavy atom. The van der Waals surface area contributed by atoms with Crippen LogP contribution >= 0.6 is 7.82 Å². The second kappa shape index (κ2) is 56.5. The average Bonchev–Trinajstić information content (AvgIpc) is 3.39. The Morgan fingerprint density at radius 2 is 0.792 bits per heavy atom. The number of rotatable bonds is 57. The average molecular weight is 1100 g/mol. The van der Waals surface area contributed by atoms with Crippen molar-refractivity contribution < 1.29 is 37.3 Å². The summed E-state index contributed by atoms with van der Waals surface area (Å²) in [5.41, 5.74) is 0. The number of unbranched alkanes of at least 4 members (excludes halogenated alkanes) is 29. The molecule has 1 amide bonds. The molecule has 0 saturated carbocycles. The quantitative estimate of drug-likeness (QED) is 0.0212. The summed E-state index contributed by atoms with van der Waals surface area (Å²) in [5, 5.41) is 3.02. The molecule has 0 radical (unpaired) electrons. The molecule has 10 heteroatoms. The number of allylic oxidation sites excluding steroid dienone is 13. The van der Waals surface area contributed by atoms with Gasteiger partial charge in [0.2, 0.25) is 5.91 Å². The third kappa shape index (κ3) is 57.7. The van der Waals surface area contributed by atoms with Gasteiger partial charge in [0.15, 0.2) is 0 Å². The fourth-order valence-corrected chi connectivity index (χ4v) is 9.55. The van der Waals surface area contributed by atoms with Crippen molar-refractivity contribution in [2.75, 3.05) is 40.9 Å². The molecule has 0 aliphatic heterocycles. The number of amides is 1. The van der Waals surface area contributed by atoms with E-state index in [0.717, 1.165) is 89.9 Å². The number of likely N-dealkylation sites (N-methyl/N-ethyl adjacent to an activating group) is 1. The molecule has 77 heavy (non-hydrogen) atoms. The number of esters is 1. The zero-order valence-corrected chi connectivity index (χ0v) is 51.8. The third-order valence-corrected chi connectivity index (χ3v) is 14.8. The molecule has 0 bridgehead atoms. The summed E-state index contributed by atoms with van der Waals surface area (Å²) in [5.74, 6) is -0.579. The number of carbonyl (C=O) groups excluding carboxylic acids is 2. The number of phosphoric acid groups is 1. The predicted molar refractivity (Wildman–Crippen MR) is 330 cm³/mol. The number of ether oxygens (including phenoxy) is 1. The summed E-state index contributed by atoms with van der Waals surface area (Å²) in [6.07, 6.45) is 74.1. The van der Waals surface area contributed by atoms with Gasteiger partial charge in [0, 0.05) is 12.8 Å². The standard InChI is InChI=1S/C67H121N2O7P/c1-7-10-13-16-19-22-25-27-29-31-33-34-36-37-39-41-44-47-50-53-56-59-66(70)68-64(63-75-77(72,73)74-62-61-69(4,5)6)65(58-55-52-49-46-43-24-21-18-15-12-9-3)76-67(71)60-57-54-51-48-45-42-40-38-35-32-30-28-26-23-20-17-14-11-8-2/h19-20,22-23,27-30,35,38,42,45,55,58,64-65H,7-18,21,24-26,31-34,36-37,39-41,43-44,46-54,56-57,59-63H2,1-6H3,(H-,68,70,72,73)/b22-19-,23-20-,29-27-,30-28-,38-35-,45-42-,58-55+. The number of carbonyl (C=O) groups is 2. The molecular formula is C67H121N2O7P. The van der Waals surface area contributed by atoms with Crippen molar-refractivity contribution in [1.29, 1.82) is 0 Å². The number of nitrogens with zero attached hydrogens (tertiary/aromatic N) is 1. The van der Waals surface area contributed by atoms with E-state index in [-0.39, 0.29) is 24.9 Å². The first-order chi connectivity index (χ1) is 37.4. The molecule has 3 atom stereocenters. The van der Waals surface area contributed by atoms with E-state index in [1.54, 1.807) is 0 Å². The molecule has 1 N–H and O–H groups in total. The van der Waals surface area contributed by atoms with E-state index < -0.39 is 26.6 Å². The minimum atomic E-state index is -4.71. The Labute approximate surface area is 476 Å². The van der Waals surface area contributed by atoms with E-state index in [4.69, 9.17) is 13.8 Å². The van der Waals surface area contributed by atoms with Gasteiger partial charge in [-0.3, -0.25) is 14.2 Å². The molecule has 0 heterocycles. The summed E-state index contributed by atoms with van der Waals surface area (Å²) in [6, 6.07) is -0.906. The van der Waals surface area contributed by atoms with E-state index in [0.29, 0.717) is 23.9 Å². The molecule has 0 aromatic heterocycles. The summed E-state index contributed by atoms with van der Waals surface area (Å²) in [7, 11) is 1.16. The van der Waals surface area contributed by atoms with Gasteiger partial charge in [-0.05, 0) is 109 Å². The number of hydrogen-bond donors (Lipinski definition) is 1. The molecule has 0 aliphatic rings. The summed E-state index contributed by atoms with van der Waals surface area (Å²) < 4.78 is 30.3. The first-order valence-corrected chi connectivity index (χ1v) is 33.4. The van der Waals surface area contributed by atoms with Crippen LogP contribution in [0.2, 0.25) is 0 Å². The fraction of sp³-hybridized carbons (Fsp3) is 0.761. The van der Waals surface area contributed by atoms with Crippen LogP contribution in [0.1, 0.15) is 278 Å². The molecule has 0 fully saturated rings. The molecule has 9 nitrogen and oxygen atoms in total. The lowest BCUT2D eigenvalue weighted by molar-refractivity contribution is -0.870. The highest BCUT2D eigenvalue weighted by atomic mass is 31.2. The highest BCUT2D eigenvalue weighted by Crippen LogP contribution is 2.38. The number of hydrogen-bond acceptors (Lipinski definition) is 7. The van der Waals surface area contributed by atoms with Gasteiger partial charge in [-0.2, -0.15) is 0 Å². The maximum Gasteiger partial charge on any atom is 0.306 e. The van der Waals surface area contributed by atoms with Crippen molar-refractivity contribution >= 4 is 19.7 Å².